The highest BCUT2D eigenvalue weighted by Gasteiger charge is 2.15. The van der Waals surface area contributed by atoms with E-state index in [1.165, 1.54) is 4.88 Å². The van der Waals surface area contributed by atoms with Crippen molar-refractivity contribution in [3.8, 4) is 0 Å². The van der Waals surface area contributed by atoms with Crippen LogP contribution >= 0.6 is 22.9 Å². The zero-order chi connectivity index (χ0) is 12.8. The lowest BCUT2D eigenvalue weighted by molar-refractivity contribution is -0.147. The second-order valence-electron chi connectivity index (χ2n) is 3.92. The number of rotatable bonds is 6. The third-order valence-corrected chi connectivity index (χ3v) is 3.85. The Kier molecular flexibility index (Phi) is 5.95. The van der Waals surface area contributed by atoms with Gasteiger partial charge < -0.3 is 10.1 Å². The minimum Gasteiger partial charge on any atom is -0.466 e. The maximum absolute atomic E-state index is 11.4. The number of nitrogens with one attached hydrogen (secondary N) is 1. The van der Waals surface area contributed by atoms with Gasteiger partial charge in [0.2, 0.25) is 0 Å². The molecule has 5 heteroatoms. The van der Waals surface area contributed by atoms with Gasteiger partial charge >= 0.3 is 5.97 Å². The molecule has 1 N–H and O–H groups in total. The topological polar surface area (TPSA) is 38.3 Å². The van der Waals surface area contributed by atoms with E-state index in [9.17, 15) is 4.79 Å². The van der Waals surface area contributed by atoms with Crippen LogP contribution in [0, 0.1) is 5.92 Å². The SMILES string of the molecule is CCOC(=O)C(C)CNC(C)c1ccc(Cl)s1. The minimum atomic E-state index is -0.156. The Bertz CT molecular complexity index is 367. The van der Waals surface area contributed by atoms with Crippen molar-refractivity contribution in [1.29, 1.82) is 0 Å². The molecule has 0 aliphatic carbocycles. The average Bonchev–Trinajstić information content (AvgIpc) is 2.72. The first-order chi connectivity index (χ1) is 8.04. The third kappa shape index (κ3) is 4.66. The average molecular weight is 276 g/mol. The van der Waals surface area contributed by atoms with E-state index in [1.54, 1.807) is 11.3 Å². The molecule has 2 unspecified atom stereocenters. The van der Waals surface area contributed by atoms with Crippen LogP contribution in [0.3, 0.4) is 0 Å². The summed E-state index contributed by atoms with van der Waals surface area (Å²) >= 11 is 7.43. The molecule has 0 aliphatic heterocycles. The Morgan fingerprint density at radius 1 is 1.53 bits per heavy atom. The molecule has 3 nitrogen and oxygen atoms in total. The molecule has 1 rings (SSSR count). The quantitative estimate of drug-likeness (QED) is 0.810. The first-order valence-electron chi connectivity index (χ1n) is 5.69. The number of hydrogen-bond donors (Lipinski definition) is 1. The lowest BCUT2D eigenvalue weighted by atomic mass is 10.1. The van der Waals surface area contributed by atoms with Crippen LogP contribution in [-0.2, 0) is 9.53 Å². The number of carbonyl (C=O) groups excluding carboxylic acids is 1. The Morgan fingerprint density at radius 2 is 2.24 bits per heavy atom. The van der Waals surface area contributed by atoms with Gasteiger partial charge in [-0.25, -0.2) is 0 Å². The van der Waals surface area contributed by atoms with Crippen molar-refractivity contribution in [2.45, 2.75) is 26.8 Å². The molecule has 0 aliphatic rings. The van der Waals surface area contributed by atoms with Crippen molar-refractivity contribution in [2.75, 3.05) is 13.2 Å². The molecule has 0 spiro atoms. The van der Waals surface area contributed by atoms with E-state index in [4.69, 9.17) is 16.3 Å². The van der Waals surface area contributed by atoms with Crippen LogP contribution < -0.4 is 5.32 Å². The van der Waals surface area contributed by atoms with Crippen LogP contribution in [0.4, 0.5) is 0 Å². The van der Waals surface area contributed by atoms with E-state index in [-0.39, 0.29) is 17.9 Å². The fourth-order valence-electron chi connectivity index (χ4n) is 1.38. The van der Waals surface area contributed by atoms with Crippen molar-refractivity contribution in [2.24, 2.45) is 5.92 Å². The first kappa shape index (κ1) is 14.5. The largest absolute Gasteiger partial charge is 0.466 e. The summed E-state index contributed by atoms with van der Waals surface area (Å²) < 4.78 is 5.73. The summed E-state index contributed by atoms with van der Waals surface area (Å²) in [5.74, 6) is -0.288. The second-order valence-corrected chi connectivity index (χ2v) is 5.67. The van der Waals surface area contributed by atoms with Gasteiger partial charge in [0, 0.05) is 17.5 Å². The van der Waals surface area contributed by atoms with Crippen molar-refractivity contribution in [1.82, 2.24) is 5.32 Å². The van der Waals surface area contributed by atoms with Crippen molar-refractivity contribution >= 4 is 28.9 Å². The van der Waals surface area contributed by atoms with Gasteiger partial charge in [0.25, 0.3) is 0 Å². The molecule has 0 radical (unpaired) electrons. The zero-order valence-electron chi connectivity index (χ0n) is 10.3. The maximum atomic E-state index is 11.4. The minimum absolute atomic E-state index is 0.132. The summed E-state index contributed by atoms with van der Waals surface area (Å²) in [5, 5.41) is 3.30. The normalized spacial score (nSPS) is 14.4. The predicted octanol–water partition coefficient (Wildman–Crippen LogP) is 3.25. The fraction of sp³-hybridized carbons (Fsp3) is 0.583. The van der Waals surface area contributed by atoms with Gasteiger partial charge in [-0.15, -0.1) is 11.3 Å². The molecular weight excluding hydrogens is 258 g/mol. The molecule has 1 aromatic heterocycles. The van der Waals surface area contributed by atoms with E-state index >= 15 is 0 Å². The number of esters is 1. The van der Waals surface area contributed by atoms with Crippen LogP contribution in [-0.4, -0.2) is 19.1 Å². The molecule has 0 saturated carbocycles. The molecule has 0 bridgehead atoms. The van der Waals surface area contributed by atoms with Gasteiger partial charge in [0.15, 0.2) is 0 Å². The lowest BCUT2D eigenvalue weighted by Crippen LogP contribution is -2.29. The highest BCUT2D eigenvalue weighted by Crippen LogP contribution is 2.26. The molecule has 0 fully saturated rings. The highest BCUT2D eigenvalue weighted by atomic mass is 35.5. The number of halogens is 1. The molecule has 0 amide bonds. The van der Waals surface area contributed by atoms with Crippen molar-refractivity contribution in [3.63, 3.8) is 0 Å². The monoisotopic (exact) mass is 275 g/mol. The summed E-state index contributed by atoms with van der Waals surface area (Å²) in [6.45, 7) is 6.77. The molecule has 1 aromatic rings. The third-order valence-electron chi connectivity index (χ3n) is 2.44. The second kappa shape index (κ2) is 6.99. The molecule has 2 atom stereocenters. The van der Waals surface area contributed by atoms with Gasteiger partial charge in [-0.1, -0.05) is 18.5 Å². The number of carbonyl (C=O) groups is 1. The summed E-state index contributed by atoms with van der Waals surface area (Å²) in [6, 6.07) is 4.08. The lowest BCUT2D eigenvalue weighted by Gasteiger charge is -2.15. The van der Waals surface area contributed by atoms with Gasteiger partial charge in [-0.3, -0.25) is 4.79 Å². The molecule has 0 aromatic carbocycles. The van der Waals surface area contributed by atoms with Gasteiger partial charge in [0.05, 0.1) is 16.9 Å². The predicted molar refractivity (Wildman–Crippen MR) is 71.5 cm³/mol. The van der Waals surface area contributed by atoms with Gasteiger partial charge in [-0.2, -0.15) is 0 Å². The van der Waals surface area contributed by atoms with Crippen LogP contribution in [0.2, 0.25) is 4.34 Å². The van der Waals surface area contributed by atoms with E-state index in [0.29, 0.717) is 13.2 Å². The first-order valence-corrected chi connectivity index (χ1v) is 6.89. The van der Waals surface area contributed by atoms with Crippen LogP contribution in [0.15, 0.2) is 12.1 Å². The summed E-state index contributed by atoms with van der Waals surface area (Å²) in [4.78, 5) is 12.6. The Balaban J connectivity index is 2.37. The van der Waals surface area contributed by atoms with E-state index in [0.717, 1.165) is 4.34 Å². The Hall–Kier alpha value is -0.580. The molecule has 17 heavy (non-hydrogen) atoms. The van der Waals surface area contributed by atoms with Crippen molar-refractivity contribution in [3.05, 3.63) is 21.3 Å². The summed E-state index contributed by atoms with van der Waals surface area (Å²) in [6.07, 6.45) is 0. The maximum Gasteiger partial charge on any atom is 0.309 e. The Labute approximate surface area is 111 Å². The number of ether oxygens (including phenoxy) is 1. The zero-order valence-corrected chi connectivity index (χ0v) is 11.9. The van der Waals surface area contributed by atoms with Gasteiger partial charge in [0.1, 0.15) is 0 Å². The van der Waals surface area contributed by atoms with E-state index in [1.807, 2.05) is 26.0 Å². The fourth-order valence-corrected chi connectivity index (χ4v) is 2.47. The Morgan fingerprint density at radius 3 is 2.76 bits per heavy atom. The molecular formula is C12H18ClNO2S. The highest BCUT2D eigenvalue weighted by molar-refractivity contribution is 7.16. The molecule has 1 heterocycles. The summed E-state index contributed by atoms with van der Waals surface area (Å²) in [7, 11) is 0. The molecule has 96 valence electrons. The van der Waals surface area contributed by atoms with E-state index < -0.39 is 0 Å². The number of hydrogen-bond acceptors (Lipinski definition) is 4. The van der Waals surface area contributed by atoms with Crippen LogP contribution in [0.5, 0.6) is 0 Å². The van der Waals surface area contributed by atoms with E-state index in [2.05, 4.69) is 12.2 Å². The smallest absolute Gasteiger partial charge is 0.309 e. The summed E-state index contributed by atoms with van der Waals surface area (Å²) in [5.41, 5.74) is 0. The van der Waals surface area contributed by atoms with Gasteiger partial charge in [-0.05, 0) is 26.0 Å². The number of thiophene rings is 1. The van der Waals surface area contributed by atoms with Crippen LogP contribution in [0.25, 0.3) is 0 Å². The standard InChI is InChI=1S/C12H18ClNO2S/c1-4-16-12(15)8(2)7-14-9(3)10-5-6-11(13)17-10/h5-6,8-9,14H,4,7H2,1-3H3. The van der Waals surface area contributed by atoms with Crippen LogP contribution in [0.1, 0.15) is 31.7 Å². The molecule has 0 saturated heterocycles. The van der Waals surface area contributed by atoms with Crippen molar-refractivity contribution < 1.29 is 9.53 Å².